The molecule has 0 saturated heterocycles. The van der Waals surface area contributed by atoms with Crippen molar-refractivity contribution in [2.45, 2.75) is 6.92 Å². The van der Waals surface area contributed by atoms with Gasteiger partial charge < -0.3 is 4.74 Å². The molecule has 3 aromatic rings. The standard InChI is InChI=1S/C17H11N3O3/c1-11-5-6-12-3-2-4-16(17(12)19-11)23-14-7-8-15(20(21)22)13(9-14)10-18/h2-9H,1H3. The van der Waals surface area contributed by atoms with Gasteiger partial charge in [-0.05, 0) is 25.1 Å². The Hall–Kier alpha value is -3.46. The van der Waals surface area contributed by atoms with Crippen molar-refractivity contribution in [3.05, 3.63) is 69.9 Å². The molecule has 0 amide bonds. The van der Waals surface area contributed by atoms with E-state index in [1.807, 2.05) is 37.3 Å². The first-order valence-electron chi connectivity index (χ1n) is 6.81. The Bertz CT molecular complexity index is 961. The molecule has 1 aromatic heterocycles. The average molecular weight is 305 g/mol. The fourth-order valence-corrected chi connectivity index (χ4v) is 2.25. The van der Waals surface area contributed by atoms with Crippen molar-refractivity contribution in [1.82, 2.24) is 4.98 Å². The van der Waals surface area contributed by atoms with E-state index in [-0.39, 0.29) is 11.3 Å². The van der Waals surface area contributed by atoms with Crippen LogP contribution >= 0.6 is 0 Å². The summed E-state index contributed by atoms with van der Waals surface area (Å²) >= 11 is 0. The lowest BCUT2D eigenvalue weighted by Gasteiger charge is -2.09. The quantitative estimate of drug-likeness (QED) is 0.536. The van der Waals surface area contributed by atoms with Crippen molar-refractivity contribution in [1.29, 1.82) is 5.26 Å². The van der Waals surface area contributed by atoms with Crippen LogP contribution in [-0.4, -0.2) is 9.91 Å². The van der Waals surface area contributed by atoms with Gasteiger partial charge in [0.1, 0.15) is 22.9 Å². The number of pyridine rings is 1. The third-order valence-corrected chi connectivity index (χ3v) is 3.34. The lowest BCUT2D eigenvalue weighted by atomic mass is 10.1. The van der Waals surface area contributed by atoms with E-state index in [9.17, 15) is 10.1 Å². The molecule has 0 radical (unpaired) electrons. The lowest BCUT2D eigenvalue weighted by Crippen LogP contribution is -1.94. The van der Waals surface area contributed by atoms with Crippen LogP contribution in [0.25, 0.3) is 10.9 Å². The SMILES string of the molecule is Cc1ccc2cccc(Oc3ccc([N+](=O)[O-])c(C#N)c3)c2n1. The number of nitro benzene ring substituents is 1. The van der Waals surface area contributed by atoms with Crippen molar-refractivity contribution < 1.29 is 9.66 Å². The Labute approximate surface area is 131 Å². The minimum atomic E-state index is -0.592. The van der Waals surface area contributed by atoms with Crippen molar-refractivity contribution in [3.8, 4) is 17.6 Å². The second-order valence-electron chi connectivity index (χ2n) is 4.93. The fourth-order valence-electron chi connectivity index (χ4n) is 2.25. The second-order valence-corrected chi connectivity index (χ2v) is 4.93. The van der Waals surface area contributed by atoms with E-state index >= 15 is 0 Å². The van der Waals surface area contributed by atoms with E-state index in [1.54, 1.807) is 6.07 Å². The number of ether oxygens (including phenoxy) is 1. The van der Waals surface area contributed by atoms with Gasteiger partial charge in [0, 0.05) is 23.2 Å². The number of nitro groups is 1. The van der Waals surface area contributed by atoms with E-state index in [2.05, 4.69) is 4.98 Å². The highest BCUT2D eigenvalue weighted by Crippen LogP contribution is 2.31. The fraction of sp³-hybridized carbons (Fsp3) is 0.0588. The predicted molar refractivity (Wildman–Crippen MR) is 84.4 cm³/mol. The van der Waals surface area contributed by atoms with Crippen molar-refractivity contribution in [2.24, 2.45) is 0 Å². The Balaban J connectivity index is 2.05. The summed E-state index contributed by atoms with van der Waals surface area (Å²) in [4.78, 5) is 14.7. The summed E-state index contributed by atoms with van der Waals surface area (Å²) in [6.45, 7) is 1.88. The van der Waals surface area contributed by atoms with Crippen LogP contribution in [0.5, 0.6) is 11.5 Å². The molecule has 112 valence electrons. The molecule has 1 heterocycles. The van der Waals surface area contributed by atoms with Gasteiger partial charge in [0.2, 0.25) is 0 Å². The number of hydrogen-bond acceptors (Lipinski definition) is 5. The summed E-state index contributed by atoms with van der Waals surface area (Å²) in [5, 5.41) is 20.8. The van der Waals surface area contributed by atoms with Gasteiger partial charge in [0.05, 0.1) is 4.92 Å². The molecule has 23 heavy (non-hydrogen) atoms. The predicted octanol–water partition coefficient (Wildman–Crippen LogP) is 4.12. The number of para-hydroxylation sites is 1. The maximum absolute atomic E-state index is 10.9. The molecule has 0 unspecified atom stereocenters. The van der Waals surface area contributed by atoms with Gasteiger partial charge in [-0.25, -0.2) is 4.98 Å². The summed E-state index contributed by atoms with van der Waals surface area (Å²) in [6.07, 6.45) is 0. The van der Waals surface area contributed by atoms with Crippen LogP contribution in [0.2, 0.25) is 0 Å². The number of aromatic nitrogens is 1. The highest BCUT2D eigenvalue weighted by molar-refractivity contribution is 5.84. The van der Waals surface area contributed by atoms with Gasteiger partial charge in [0.25, 0.3) is 5.69 Å². The number of benzene rings is 2. The first-order valence-corrected chi connectivity index (χ1v) is 6.81. The van der Waals surface area contributed by atoms with Gasteiger partial charge in [-0.1, -0.05) is 18.2 Å². The number of rotatable bonds is 3. The van der Waals surface area contributed by atoms with Crippen molar-refractivity contribution >= 4 is 16.6 Å². The molecule has 6 heteroatoms. The van der Waals surface area contributed by atoms with Crippen LogP contribution in [0.1, 0.15) is 11.3 Å². The van der Waals surface area contributed by atoms with E-state index in [0.717, 1.165) is 11.1 Å². The zero-order chi connectivity index (χ0) is 16.4. The topological polar surface area (TPSA) is 89.0 Å². The molecule has 3 rings (SSSR count). The molecule has 0 bridgehead atoms. The van der Waals surface area contributed by atoms with E-state index in [4.69, 9.17) is 10.00 Å². The zero-order valence-corrected chi connectivity index (χ0v) is 12.2. The summed E-state index contributed by atoms with van der Waals surface area (Å²) < 4.78 is 5.79. The maximum Gasteiger partial charge on any atom is 0.287 e. The number of nitriles is 1. The van der Waals surface area contributed by atoms with Crippen LogP contribution in [0.15, 0.2) is 48.5 Å². The van der Waals surface area contributed by atoms with Gasteiger partial charge in [-0.2, -0.15) is 5.26 Å². The zero-order valence-electron chi connectivity index (χ0n) is 12.2. The highest BCUT2D eigenvalue weighted by atomic mass is 16.6. The highest BCUT2D eigenvalue weighted by Gasteiger charge is 2.15. The van der Waals surface area contributed by atoms with Gasteiger partial charge in [-0.3, -0.25) is 10.1 Å². The second kappa shape index (κ2) is 5.73. The average Bonchev–Trinajstić information content (AvgIpc) is 2.55. The van der Waals surface area contributed by atoms with Crippen LogP contribution in [0, 0.1) is 28.4 Å². The summed E-state index contributed by atoms with van der Waals surface area (Å²) in [5.41, 5.74) is 1.27. The van der Waals surface area contributed by atoms with Crippen LogP contribution < -0.4 is 4.74 Å². The minimum absolute atomic E-state index is 0.0446. The van der Waals surface area contributed by atoms with Crippen LogP contribution in [-0.2, 0) is 0 Å². The molecular formula is C17H11N3O3. The first-order chi connectivity index (χ1) is 11.1. The number of nitrogens with zero attached hydrogens (tertiary/aromatic N) is 3. The van der Waals surface area contributed by atoms with Gasteiger partial charge >= 0.3 is 0 Å². The first kappa shape index (κ1) is 14.5. The number of aryl methyl sites for hydroxylation is 1. The monoisotopic (exact) mass is 305 g/mol. The molecule has 2 aromatic carbocycles. The molecule has 0 atom stereocenters. The molecule has 0 spiro atoms. The molecule has 6 nitrogen and oxygen atoms in total. The summed E-state index contributed by atoms with van der Waals surface area (Å²) in [5.74, 6) is 0.881. The van der Waals surface area contributed by atoms with E-state index in [1.165, 1.54) is 18.2 Å². The molecule has 0 aliphatic heterocycles. The number of hydrogen-bond donors (Lipinski definition) is 0. The minimum Gasteiger partial charge on any atom is -0.455 e. The molecule has 0 fully saturated rings. The van der Waals surface area contributed by atoms with E-state index < -0.39 is 4.92 Å². The molecule has 0 N–H and O–H groups in total. The third kappa shape index (κ3) is 2.80. The summed E-state index contributed by atoms with van der Waals surface area (Å²) in [6, 6.07) is 15.3. The van der Waals surface area contributed by atoms with Gasteiger partial charge in [0.15, 0.2) is 5.75 Å². The molecular weight excluding hydrogens is 294 g/mol. The Morgan fingerprint density at radius 3 is 2.78 bits per heavy atom. The normalized spacial score (nSPS) is 10.3. The molecule has 0 aliphatic carbocycles. The van der Waals surface area contributed by atoms with Crippen LogP contribution in [0.4, 0.5) is 5.69 Å². The van der Waals surface area contributed by atoms with E-state index in [0.29, 0.717) is 17.0 Å². The van der Waals surface area contributed by atoms with Crippen LogP contribution in [0.3, 0.4) is 0 Å². The van der Waals surface area contributed by atoms with Crippen molar-refractivity contribution in [3.63, 3.8) is 0 Å². The number of fused-ring (bicyclic) bond motifs is 1. The maximum atomic E-state index is 10.9. The largest absolute Gasteiger partial charge is 0.455 e. The van der Waals surface area contributed by atoms with Crippen molar-refractivity contribution in [2.75, 3.05) is 0 Å². The molecule has 0 saturated carbocycles. The Morgan fingerprint density at radius 1 is 1.22 bits per heavy atom. The Morgan fingerprint density at radius 2 is 2.04 bits per heavy atom. The van der Waals surface area contributed by atoms with Gasteiger partial charge in [-0.15, -0.1) is 0 Å². The molecule has 0 aliphatic rings. The summed E-state index contributed by atoms with van der Waals surface area (Å²) in [7, 11) is 0. The Kier molecular flexibility index (Phi) is 3.61. The third-order valence-electron chi connectivity index (χ3n) is 3.34. The smallest absolute Gasteiger partial charge is 0.287 e. The lowest BCUT2D eigenvalue weighted by molar-refractivity contribution is -0.385.